The zero-order valence-corrected chi connectivity index (χ0v) is 11.4. The van der Waals surface area contributed by atoms with Gasteiger partial charge in [-0.25, -0.2) is 0 Å². The van der Waals surface area contributed by atoms with Crippen molar-refractivity contribution >= 4 is 17.3 Å². The number of carbonyl (C=O) groups is 1. The normalized spacial score (nSPS) is 16.1. The van der Waals surface area contributed by atoms with E-state index >= 15 is 0 Å². The van der Waals surface area contributed by atoms with Crippen molar-refractivity contribution in [2.24, 2.45) is 0 Å². The first-order valence-corrected chi connectivity index (χ1v) is 7.12. The predicted octanol–water partition coefficient (Wildman–Crippen LogP) is 2.43. The van der Waals surface area contributed by atoms with Gasteiger partial charge in [0.1, 0.15) is 0 Å². The molecule has 1 aromatic rings. The summed E-state index contributed by atoms with van der Waals surface area (Å²) in [6, 6.07) is 3.99. The molecular formula is C13H19NO3S. The molecule has 100 valence electrons. The standard InChI is InChI=1S/C13H19NO3S/c1-16-13(15)8-11-6-7-12(18-11)9-14-17-10-4-2-3-5-10/h6-7,10,14H,2-5,8-9H2,1H3. The lowest BCUT2D eigenvalue weighted by Gasteiger charge is -2.10. The molecule has 0 aromatic carbocycles. The van der Waals surface area contributed by atoms with Crippen LogP contribution in [0.25, 0.3) is 0 Å². The first-order chi connectivity index (χ1) is 8.78. The van der Waals surface area contributed by atoms with Crippen molar-refractivity contribution in [1.82, 2.24) is 5.48 Å². The number of hydrogen-bond donors (Lipinski definition) is 1. The SMILES string of the molecule is COC(=O)Cc1ccc(CNOC2CCCC2)s1. The molecule has 0 amide bonds. The minimum Gasteiger partial charge on any atom is -0.469 e. The molecular weight excluding hydrogens is 250 g/mol. The molecule has 4 nitrogen and oxygen atoms in total. The van der Waals surface area contributed by atoms with Crippen LogP contribution in [0.5, 0.6) is 0 Å². The maximum absolute atomic E-state index is 11.1. The fraction of sp³-hybridized carbons (Fsp3) is 0.615. The molecule has 5 heteroatoms. The average Bonchev–Trinajstić information content (AvgIpc) is 3.01. The molecule has 0 saturated heterocycles. The molecule has 1 fully saturated rings. The molecule has 1 heterocycles. The number of esters is 1. The highest BCUT2D eigenvalue weighted by atomic mass is 32.1. The minimum absolute atomic E-state index is 0.196. The summed E-state index contributed by atoms with van der Waals surface area (Å²) in [4.78, 5) is 18.9. The summed E-state index contributed by atoms with van der Waals surface area (Å²) in [5.41, 5.74) is 3.02. The number of hydroxylamine groups is 1. The molecule has 1 saturated carbocycles. The number of thiophene rings is 1. The van der Waals surface area contributed by atoms with Gasteiger partial charge in [-0.1, -0.05) is 12.8 Å². The fourth-order valence-corrected chi connectivity index (χ4v) is 2.99. The molecule has 0 radical (unpaired) electrons. The summed E-state index contributed by atoms with van der Waals surface area (Å²) >= 11 is 1.62. The van der Waals surface area contributed by atoms with E-state index in [0.29, 0.717) is 19.1 Å². The van der Waals surface area contributed by atoms with Gasteiger partial charge in [0.25, 0.3) is 0 Å². The topological polar surface area (TPSA) is 47.6 Å². The van der Waals surface area contributed by atoms with Gasteiger partial charge in [0.2, 0.25) is 0 Å². The molecule has 0 atom stereocenters. The van der Waals surface area contributed by atoms with Crippen LogP contribution in [-0.4, -0.2) is 19.2 Å². The Kier molecular flexibility index (Phi) is 5.16. The lowest BCUT2D eigenvalue weighted by Crippen LogP contribution is -2.20. The third-order valence-corrected chi connectivity index (χ3v) is 4.15. The largest absolute Gasteiger partial charge is 0.469 e. The monoisotopic (exact) mass is 269 g/mol. The molecule has 1 N–H and O–H groups in total. The van der Waals surface area contributed by atoms with Gasteiger partial charge < -0.3 is 4.74 Å². The van der Waals surface area contributed by atoms with Crippen LogP contribution in [-0.2, 0) is 27.3 Å². The highest BCUT2D eigenvalue weighted by molar-refractivity contribution is 7.12. The number of methoxy groups -OCH3 is 1. The van der Waals surface area contributed by atoms with E-state index < -0.39 is 0 Å². The van der Waals surface area contributed by atoms with E-state index in [-0.39, 0.29) is 5.97 Å². The van der Waals surface area contributed by atoms with Gasteiger partial charge in [-0.05, 0) is 25.0 Å². The Morgan fingerprint density at radius 1 is 1.39 bits per heavy atom. The summed E-state index contributed by atoms with van der Waals surface area (Å²) in [5, 5.41) is 0. The highest BCUT2D eigenvalue weighted by Gasteiger charge is 2.15. The van der Waals surface area contributed by atoms with E-state index in [1.807, 2.05) is 12.1 Å². The van der Waals surface area contributed by atoms with Crippen LogP contribution in [0.3, 0.4) is 0 Å². The second kappa shape index (κ2) is 6.87. The minimum atomic E-state index is -0.196. The lowest BCUT2D eigenvalue weighted by molar-refractivity contribution is -0.139. The van der Waals surface area contributed by atoms with E-state index in [2.05, 4.69) is 10.2 Å². The Bertz CT molecular complexity index is 385. The Hall–Kier alpha value is -0.910. The van der Waals surface area contributed by atoms with Crippen LogP contribution < -0.4 is 5.48 Å². The molecule has 0 aliphatic heterocycles. The van der Waals surface area contributed by atoms with Crippen LogP contribution in [0.15, 0.2) is 12.1 Å². The van der Waals surface area contributed by atoms with E-state index in [0.717, 1.165) is 17.7 Å². The molecule has 1 aliphatic rings. The quantitative estimate of drug-likeness (QED) is 0.636. The van der Waals surface area contributed by atoms with Gasteiger partial charge in [-0.3, -0.25) is 9.63 Å². The van der Waals surface area contributed by atoms with Gasteiger partial charge in [-0.2, -0.15) is 5.48 Å². The maximum atomic E-state index is 11.1. The molecule has 1 aliphatic carbocycles. The van der Waals surface area contributed by atoms with Crippen molar-refractivity contribution in [3.8, 4) is 0 Å². The molecule has 2 rings (SSSR count). The van der Waals surface area contributed by atoms with Gasteiger partial charge in [-0.15, -0.1) is 11.3 Å². The van der Waals surface area contributed by atoms with Crippen LogP contribution in [0, 0.1) is 0 Å². The van der Waals surface area contributed by atoms with Gasteiger partial charge in [0.15, 0.2) is 0 Å². The first kappa shape index (κ1) is 13.5. The van der Waals surface area contributed by atoms with Crippen molar-refractivity contribution in [2.45, 2.75) is 44.8 Å². The van der Waals surface area contributed by atoms with E-state index in [1.165, 1.54) is 24.8 Å². The van der Waals surface area contributed by atoms with Gasteiger partial charge in [0, 0.05) is 9.75 Å². The molecule has 1 aromatic heterocycles. The fourth-order valence-electron chi connectivity index (χ4n) is 2.06. The zero-order valence-electron chi connectivity index (χ0n) is 10.6. The second-order valence-corrected chi connectivity index (χ2v) is 5.72. The Balaban J connectivity index is 1.70. The van der Waals surface area contributed by atoms with E-state index in [1.54, 1.807) is 11.3 Å². The van der Waals surface area contributed by atoms with Crippen molar-refractivity contribution in [3.63, 3.8) is 0 Å². The van der Waals surface area contributed by atoms with Crippen LogP contribution in [0.2, 0.25) is 0 Å². The summed E-state index contributed by atoms with van der Waals surface area (Å²) in [6.07, 6.45) is 5.59. The van der Waals surface area contributed by atoms with Crippen molar-refractivity contribution in [2.75, 3.05) is 7.11 Å². The number of hydrogen-bond acceptors (Lipinski definition) is 5. The smallest absolute Gasteiger partial charge is 0.310 e. The third kappa shape index (κ3) is 4.08. The zero-order chi connectivity index (χ0) is 12.8. The number of rotatable bonds is 6. The van der Waals surface area contributed by atoms with Gasteiger partial charge in [0.05, 0.1) is 26.2 Å². The van der Waals surface area contributed by atoms with Crippen molar-refractivity contribution < 1.29 is 14.4 Å². The molecule has 0 spiro atoms. The maximum Gasteiger partial charge on any atom is 0.310 e. The molecule has 0 bridgehead atoms. The Labute approximate surface area is 111 Å². The third-order valence-electron chi connectivity index (χ3n) is 3.06. The summed E-state index contributed by atoms with van der Waals surface area (Å²) in [7, 11) is 1.41. The van der Waals surface area contributed by atoms with Crippen molar-refractivity contribution in [1.29, 1.82) is 0 Å². The van der Waals surface area contributed by atoms with Crippen LogP contribution in [0.1, 0.15) is 35.4 Å². The summed E-state index contributed by atoms with van der Waals surface area (Å²) in [6.45, 7) is 0.697. The second-order valence-electron chi connectivity index (χ2n) is 4.47. The van der Waals surface area contributed by atoms with Crippen LogP contribution in [0.4, 0.5) is 0 Å². The number of carbonyl (C=O) groups excluding carboxylic acids is 1. The Morgan fingerprint density at radius 2 is 2.11 bits per heavy atom. The van der Waals surface area contributed by atoms with Gasteiger partial charge >= 0.3 is 5.97 Å². The predicted molar refractivity (Wildman–Crippen MR) is 70.2 cm³/mol. The molecule has 18 heavy (non-hydrogen) atoms. The summed E-state index contributed by atoms with van der Waals surface area (Å²) < 4.78 is 4.64. The Morgan fingerprint density at radius 3 is 2.83 bits per heavy atom. The lowest BCUT2D eigenvalue weighted by atomic mass is 10.3. The van der Waals surface area contributed by atoms with E-state index in [9.17, 15) is 4.79 Å². The first-order valence-electron chi connectivity index (χ1n) is 6.31. The number of ether oxygens (including phenoxy) is 1. The average molecular weight is 269 g/mol. The highest BCUT2D eigenvalue weighted by Crippen LogP contribution is 2.21. The summed E-state index contributed by atoms with van der Waals surface area (Å²) in [5.74, 6) is -0.196. The molecule has 0 unspecified atom stereocenters. The van der Waals surface area contributed by atoms with Crippen molar-refractivity contribution in [3.05, 3.63) is 21.9 Å². The number of nitrogens with one attached hydrogen (secondary N) is 1. The van der Waals surface area contributed by atoms with E-state index in [4.69, 9.17) is 4.84 Å². The van der Waals surface area contributed by atoms with Crippen LogP contribution >= 0.6 is 11.3 Å².